The molecule has 0 radical (unpaired) electrons. The van der Waals surface area contributed by atoms with Gasteiger partial charge in [0.2, 0.25) is 0 Å². The molecule has 0 aliphatic heterocycles. The lowest BCUT2D eigenvalue weighted by Gasteiger charge is -2.21. The maximum atomic E-state index is 12.1. The number of hydrogen-bond acceptors (Lipinski definition) is 4. The van der Waals surface area contributed by atoms with E-state index in [0.717, 1.165) is 37.0 Å². The Hall–Kier alpha value is -2.30. The molecule has 0 spiro atoms. The van der Waals surface area contributed by atoms with Crippen LogP contribution in [0.5, 0.6) is 0 Å². The molecular weight excluding hydrogens is 292 g/mol. The summed E-state index contributed by atoms with van der Waals surface area (Å²) in [5.74, 6) is -0.373. The number of fused-ring (bicyclic) bond motifs is 1. The number of benzene rings is 1. The van der Waals surface area contributed by atoms with Gasteiger partial charge < -0.3 is 14.6 Å². The van der Waals surface area contributed by atoms with Crippen LogP contribution in [0.3, 0.4) is 0 Å². The smallest absolute Gasteiger partial charge is 0.349 e. The molecule has 0 atom stereocenters. The second-order valence-corrected chi connectivity index (χ2v) is 5.45. The first-order chi connectivity index (χ1) is 11.1. The lowest BCUT2D eigenvalue weighted by molar-refractivity contribution is 0.0949. The summed E-state index contributed by atoms with van der Waals surface area (Å²) in [5.41, 5.74) is 0.975. The number of nitrogens with zero attached hydrogens (tertiary/aromatic N) is 1. The number of amides is 1. The van der Waals surface area contributed by atoms with E-state index in [1.807, 2.05) is 25.1 Å². The largest absolute Gasteiger partial charge is 0.422 e. The number of hydrogen-bond donors (Lipinski definition) is 1. The minimum Gasteiger partial charge on any atom is -0.422 e. The van der Waals surface area contributed by atoms with Gasteiger partial charge in [0, 0.05) is 36.8 Å². The Bertz CT molecular complexity index is 733. The van der Waals surface area contributed by atoms with Gasteiger partial charge in [0.05, 0.1) is 0 Å². The monoisotopic (exact) mass is 316 g/mol. The minimum atomic E-state index is -0.594. The molecular formula is C18H24N2O3. The number of carbonyl (C=O) groups excluding carboxylic acids is 1. The van der Waals surface area contributed by atoms with Gasteiger partial charge in [-0.2, -0.15) is 0 Å². The third kappa shape index (κ3) is 3.92. The van der Waals surface area contributed by atoms with E-state index in [2.05, 4.69) is 24.1 Å². The van der Waals surface area contributed by atoms with E-state index in [1.165, 1.54) is 0 Å². The Labute approximate surface area is 136 Å². The number of nitrogens with one attached hydrogen (secondary N) is 1. The quantitative estimate of drug-likeness (QED) is 0.629. The fraction of sp³-hybridized carbons (Fsp3) is 0.444. The maximum Gasteiger partial charge on any atom is 0.349 e. The summed E-state index contributed by atoms with van der Waals surface area (Å²) in [5, 5.41) is 3.50. The highest BCUT2D eigenvalue weighted by Crippen LogP contribution is 2.21. The Morgan fingerprint density at radius 3 is 2.57 bits per heavy atom. The zero-order valence-corrected chi connectivity index (χ0v) is 14.0. The van der Waals surface area contributed by atoms with Gasteiger partial charge in [-0.1, -0.05) is 13.3 Å². The summed E-state index contributed by atoms with van der Waals surface area (Å²) in [6.07, 6.45) is 1.87. The predicted molar refractivity (Wildman–Crippen MR) is 93.3 cm³/mol. The van der Waals surface area contributed by atoms with E-state index >= 15 is 0 Å². The summed E-state index contributed by atoms with van der Waals surface area (Å²) in [6.45, 7) is 8.52. The van der Waals surface area contributed by atoms with Crippen molar-refractivity contribution in [2.75, 3.05) is 24.5 Å². The van der Waals surface area contributed by atoms with Crippen LogP contribution in [-0.2, 0) is 0 Å². The van der Waals surface area contributed by atoms with E-state index in [1.54, 1.807) is 6.07 Å². The molecule has 5 heteroatoms. The third-order valence-electron chi connectivity index (χ3n) is 3.91. The summed E-state index contributed by atoms with van der Waals surface area (Å²) < 4.78 is 5.36. The first-order valence-corrected chi connectivity index (χ1v) is 8.21. The fourth-order valence-electron chi connectivity index (χ4n) is 2.52. The van der Waals surface area contributed by atoms with Crippen LogP contribution in [-0.4, -0.2) is 25.5 Å². The zero-order chi connectivity index (χ0) is 16.8. The van der Waals surface area contributed by atoms with Crippen LogP contribution in [0.2, 0.25) is 0 Å². The van der Waals surface area contributed by atoms with Crippen LogP contribution < -0.4 is 15.8 Å². The van der Waals surface area contributed by atoms with Gasteiger partial charge in [-0.25, -0.2) is 4.79 Å². The average Bonchev–Trinajstić information content (AvgIpc) is 2.55. The van der Waals surface area contributed by atoms with Crippen molar-refractivity contribution in [1.29, 1.82) is 0 Å². The Balaban J connectivity index is 2.33. The second kappa shape index (κ2) is 7.81. The van der Waals surface area contributed by atoms with Crippen molar-refractivity contribution in [2.45, 2.75) is 33.6 Å². The molecule has 23 heavy (non-hydrogen) atoms. The van der Waals surface area contributed by atoms with Crippen molar-refractivity contribution in [3.63, 3.8) is 0 Å². The molecule has 1 aromatic carbocycles. The van der Waals surface area contributed by atoms with Crippen molar-refractivity contribution in [3.05, 3.63) is 40.2 Å². The molecule has 1 N–H and O–H groups in total. The van der Waals surface area contributed by atoms with Crippen LogP contribution in [0.4, 0.5) is 5.69 Å². The molecule has 2 aromatic rings. The molecule has 0 aliphatic rings. The van der Waals surface area contributed by atoms with Crippen LogP contribution in [0.15, 0.2) is 33.5 Å². The van der Waals surface area contributed by atoms with Gasteiger partial charge in [0.1, 0.15) is 11.1 Å². The summed E-state index contributed by atoms with van der Waals surface area (Å²) in [4.78, 5) is 26.3. The van der Waals surface area contributed by atoms with Crippen molar-refractivity contribution in [2.24, 2.45) is 0 Å². The Kier molecular flexibility index (Phi) is 5.79. The topological polar surface area (TPSA) is 62.6 Å². The van der Waals surface area contributed by atoms with E-state index in [0.29, 0.717) is 12.1 Å². The highest BCUT2D eigenvalue weighted by Gasteiger charge is 2.14. The van der Waals surface area contributed by atoms with Gasteiger partial charge in [0.25, 0.3) is 5.91 Å². The average molecular weight is 316 g/mol. The van der Waals surface area contributed by atoms with Crippen molar-refractivity contribution in [1.82, 2.24) is 5.32 Å². The molecule has 0 saturated heterocycles. The lowest BCUT2D eigenvalue weighted by Crippen LogP contribution is -2.29. The van der Waals surface area contributed by atoms with Crippen LogP contribution in [0.1, 0.15) is 44.0 Å². The number of carbonyl (C=O) groups is 1. The molecule has 1 amide bonds. The molecule has 0 saturated carbocycles. The predicted octanol–water partition coefficient (Wildman–Crippen LogP) is 3.17. The minimum absolute atomic E-state index is 0.0594. The highest BCUT2D eigenvalue weighted by atomic mass is 16.4. The lowest BCUT2D eigenvalue weighted by atomic mass is 10.1. The van der Waals surface area contributed by atoms with E-state index in [4.69, 9.17) is 4.42 Å². The Morgan fingerprint density at radius 1 is 1.17 bits per heavy atom. The highest BCUT2D eigenvalue weighted by molar-refractivity contribution is 5.96. The zero-order valence-electron chi connectivity index (χ0n) is 14.0. The molecule has 0 unspecified atom stereocenters. The summed E-state index contributed by atoms with van der Waals surface area (Å²) >= 11 is 0. The molecule has 1 heterocycles. The van der Waals surface area contributed by atoms with Crippen molar-refractivity contribution < 1.29 is 9.21 Å². The van der Waals surface area contributed by atoms with E-state index in [9.17, 15) is 9.59 Å². The SMILES string of the molecule is CCCCNC(=O)c1cc2ccc(N(CC)CC)cc2oc1=O. The van der Waals surface area contributed by atoms with Crippen LogP contribution >= 0.6 is 0 Å². The van der Waals surface area contributed by atoms with Gasteiger partial charge in [0.15, 0.2) is 0 Å². The molecule has 0 bridgehead atoms. The molecule has 2 rings (SSSR count). The van der Waals surface area contributed by atoms with E-state index < -0.39 is 5.63 Å². The van der Waals surface area contributed by atoms with Gasteiger partial charge in [-0.05, 0) is 38.5 Å². The van der Waals surface area contributed by atoms with Crippen LogP contribution in [0.25, 0.3) is 11.0 Å². The molecule has 124 valence electrons. The Morgan fingerprint density at radius 2 is 1.91 bits per heavy atom. The molecule has 0 fully saturated rings. The standard InChI is InChI=1S/C18H24N2O3/c1-4-7-10-19-17(21)15-11-13-8-9-14(20(5-2)6-3)12-16(13)23-18(15)22/h8-9,11-12H,4-7,10H2,1-3H3,(H,19,21). The number of rotatable bonds is 7. The summed E-state index contributed by atoms with van der Waals surface area (Å²) in [6, 6.07) is 7.32. The third-order valence-corrected chi connectivity index (χ3v) is 3.91. The van der Waals surface area contributed by atoms with Gasteiger partial charge in [-0.15, -0.1) is 0 Å². The second-order valence-electron chi connectivity index (χ2n) is 5.45. The van der Waals surface area contributed by atoms with Crippen LogP contribution in [0, 0.1) is 0 Å². The fourth-order valence-corrected chi connectivity index (χ4v) is 2.52. The normalized spacial score (nSPS) is 10.7. The van der Waals surface area contributed by atoms with Gasteiger partial charge >= 0.3 is 5.63 Å². The van der Waals surface area contributed by atoms with Crippen molar-refractivity contribution in [3.8, 4) is 0 Å². The maximum absolute atomic E-state index is 12.1. The number of unbranched alkanes of at least 4 members (excludes halogenated alkanes) is 1. The molecule has 0 aliphatic carbocycles. The summed E-state index contributed by atoms with van der Waals surface area (Å²) in [7, 11) is 0. The molecule has 1 aromatic heterocycles. The number of anilines is 1. The first kappa shape index (κ1) is 17.1. The van der Waals surface area contributed by atoms with E-state index in [-0.39, 0.29) is 11.5 Å². The van der Waals surface area contributed by atoms with Gasteiger partial charge in [-0.3, -0.25) is 4.79 Å². The first-order valence-electron chi connectivity index (χ1n) is 8.21. The van der Waals surface area contributed by atoms with Crippen molar-refractivity contribution >= 4 is 22.6 Å². The molecule has 5 nitrogen and oxygen atoms in total.